The highest BCUT2D eigenvalue weighted by Crippen LogP contribution is 2.48. The second kappa shape index (κ2) is 8.03. The molecule has 26 heavy (non-hydrogen) atoms. The van der Waals surface area contributed by atoms with E-state index in [1.54, 1.807) is 24.0 Å². The van der Waals surface area contributed by atoms with Crippen molar-refractivity contribution in [3.8, 4) is 5.75 Å². The van der Waals surface area contributed by atoms with Crippen LogP contribution in [-0.4, -0.2) is 21.8 Å². The molecule has 1 fully saturated rings. The summed E-state index contributed by atoms with van der Waals surface area (Å²) in [7, 11) is 0. The number of thioether (sulfide) groups is 1. The number of nitrogens with zero attached hydrogens (tertiary/aromatic N) is 1. The normalized spacial score (nSPS) is 18.6. The number of aliphatic carboxylic acids is 1. The molecular weight excluding hydrogens is 360 g/mol. The number of hydrogen-bond donors (Lipinski definition) is 1. The largest absolute Gasteiger partial charge is 0.483 e. The smallest absolute Gasteiger partial charge is 0.307 e. The quantitative estimate of drug-likeness (QED) is 0.678. The van der Waals surface area contributed by atoms with E-state index in [9.17, 15) is 13.6 Å². The summed E-state index contributed by atoms with van der Waals surface area (Å²) in [5.41, 5.74) is 1.13. The molecule has 138 valence electrons. The Hall–Kier alpha value is -2.15. The zero-order valence-electron chi connectivity index (χ0n) is 14.2. The molecule has 0 aliphatic heterocycles. The molecular formula is C19H19F2NO3S. The fourth-order valence-corrected chi connectivity index (χ4v) is 3.63. The number of carboxylic acid groups (broad SMARTS) is 1. The summed E-state index contributed by atoms with van der Waals surface area (Å²) >= 11 is 1.57. The molecule has 2 aromatic rings. The minimum absolute atomic E-state index is 0.00819. The van der Waals surface area contributed by atoms with Gasteiger partial charge in [0, 0.05) is 11.8 Å². The average molecular weight is 379 g/mol. The number of benzene rings is 1. The molecule has 4 nitrogen and oxygen atoms in total. The number of aromatic nitrogens is 1. The number of hydrogen-bond acceptors (Lipinski definition) is 4. The second-order valence-electron chi connectivity index (χ2n) is 6.21. The third-order valence-electron chi connectivity index (χ3n) is 4.22. The van der Waals surface area contributed by atoms with Gasteiger partial charge in [-0.1, -0.05) is 13.0 Å². The Bertz CT molecular complexity index is 792. The maximum atomic E-state index is 14.3. The molecule has 2 atom stereocenters. The third kappa shape index (κ3) is 4.15. The number of rotatable bonds is 8. The topological polar surface area (TPSA) is 59.4 Å². The molecule has 1 saturated carbocycles. The SMILES string of the molecule is CCCSc1ncccc1COc1c(F)cc(C2CC2C(=O)O)cc1F. The van der Waals surface area contributed by atoms with Crippen molar-refractivity contribution in [2.24, 2.45) is 5.92 Å². The van der Waals surface area contributed by atoms with Crippen LogP contribution in [0.1, 0.15) is 36.8 Å². The Morgan fingerprint density at radius 1 is 1.38 bits per heavy atom. The van der Waals surface area contributed by atoms with Gasteiger partial charge in [0.25, 0.3) is 0 Å². The van der Waals surface area contributed by atoms with Crippen molar-refractivity contribution in [2.45, 2.75) is 37.3 Å². The van der Waals surface area contributed by atoms with Gasteiger partial charge in [-0.2, -0.15) is 0 Å². The lowest BCUT2D eigenvalue weighted by Crippen LogP contribution is -2.04. The predicted octanol–water partition coefficient (Wildman–Crippen LogP) is 4.63. The summed E-state index contributed by atoms with van der Waals surface area (Å²) in [6.07, 6.45) is 3.07. The van der Waals surface area contributed by atoms with Crippen molar-refractivity contribution in [2.75, 3.05) is 5.75 Å². The molecule has 7 heteroatoms. The lowest BCUT2D eigenvalue weighted by Gasteiger charge is -2.12. The summed E-state index contributed by atoms with van der Waals surface area (Å²) in [5.74, 6) is -3.02. The molecule has 1 aliphatic carbocycles. The highest BCUT2D eigenvalue weighted by molar-refractivity contribution is 7.99. The lowest BCUT2D eigenvalue weighted by molar-refractivity contribution is -0.138. The van der Waals surface area contributed by atoms with Gasteiger partial charge in [0.1, 0.15) is 11.6 Å². The highest BCUT2D eigenvalue weighted by atomic mass is 32.2. The summed E-state index contributed by atoms with van der Waals surface area (Å²) in [6.45, 7) is 2.07. The van der Waals surface area contributed by atoms with Gasteiger partial charge in [0.15, 0.2) is 17.4 Å². The summed E-state index contributed by atoms with van der Waals surface area (Å²) in [4.78, 5) is 15.2. The minimum atomic E-state index is -0.940. The van der Waals surface area contributed by atoms with Crippen molar-refractivity contribution in [1.82, 2.24) is 4.98 Å². The van der Waals surface area contributed by atoms with Crippen LogP contribution in [-0.2, 0) is 11.4 Å². The van der Waals surface area contributed by atoms with Crippen LogP contribution in [0, 0.1) is 17.6 Å². The summed E-state index contributed by atoms with van der Waals surface area (Å²) < 4.78 is 34.0. The van der Waals surface area contributed by atoms with Crippen LogP contribution in [0.3, 0.4) is 0 Å². The van der Waals surface area contributed by atoms with Crippen molar-refractivity contribution in [3.63, 3.8) is 0 Å². The van der Waals surface area contributed by atoms with E-state index >= 15 is 0 Å². The van der Waals surface area contributed by atoms with Crippen LogP contribution < -0.4 is 4.74 Å². The molecule has 3 rings (SSSR count). The molecule has 1 aromatic carbocycles. The van der Waals surface area contributed by atoms with E-state index in [0.717, 1.165) is 22.8 Å². The van der Waals surface area contributed by atoms with E-state index in [1.807, 2.05) is 6.07 Å². The summed E-state index contributed by atoms with van der Waals surface area (Å²) in [5, 5.41) is 9.74. The molecule has 1 aromatic heterocycles. The van der Waals surface area contributed by atoms with E-state index in [2.05, 4.69) is 11.9 Å². The van der Waals surface area contributed by atoms with Crippen molar-refractivity contribution in [3.05, 3.63) is 53.2 Å². The number of carbonyl (C=O) groups is 1. The monoisotopic (exact) mass is 379 g/mol. The van der Waals surface area contributed by atoms with Gasteiger partial charge in [-0.25, -0.2) is 13.8 Å². The number of carboxylic acids is 1. The Balaban J connectivity index is 1.72. The predicted molar refractivity (Wildman–Crippen MR) is 94.4 cm³/mol. The van der Waals surface area contributed by atoms with E-state index in [0.29, 0.717) is 12.0 Å². The van der Waals surface area contributed by atoms with Crippen LogP contribution in [0.25, 0.3) is 0 Å². The Labute approximate surface area is 154 Å². The van der Waals surface area contributed by atoms with E-state index < -0.39 is 29.3 Å². The number of pyridine rings is 1. The first-order valence-corrected chi connectivity index (χ1v) is 9.41. The minimum Gasteiger partial charge on any atom is -0.483 e. The Morgan fingerprint density at radius 2 is 2.12 bits per heavy atom. The highest BCUT2D eigenvalue weighted by Gasteiger charge is 2.44. The molecule has 2 unspecified atom stereocenters. The number of halogens is 2. The van der Waals surface area contributed by atoms with Crippen molar-refractivity contribution >= 4 is 17.7 Å². The van der Waals surface area contributed by atoms with Crippen LogP contribution >= 0.6 is 11.8 Å². The van der Waals surface area contributed by atoms with Crippen molar-refractivity contribution < 1.29 is 23.4 Å². The van der Waals surface area contributed by atoms with Crippen molar-refractivity contribution in [1.29, 1.82) is 0 Å². The summed E-state index contributed by atoms with van der Waals surface area (Å²) in [6, 6.07) is 5.91. The van der Waals surface area contributed by atoms with Crippen LogP contribution in [0.5, 0.6) is 5.75 Å². The zero-order valence-corrected chi connectivity index (χ0v) is 15.1. The Morgan fingerprint density at radius 3 is 2.73 bits per heavy atom. The van der Waals surface area contributed by atoms with E-state index in [-0.39, 0.29) is 12.5 Å². The molecule has 0 spiro atoms. The first-order chi connectivity index (χ1) is 12.5. The number of ether oxygens (including phenoxy) is 1. The Kier molecular flexibility index (Phi) is 5.76. The van der Waals surface area contributed by atoms with Gasteiger partial charge >= 0.3 is 5.97 Å². The van der Waals surface area contributed by atoms with Gasteiger partial charge in [-0.05, 0) is 48.3 Å². The van der Waals surface area contributed by atoms with Gasteiger partial charge in [-0.3, -0.25) is 4.79 Å². The fraction of sp³-hybridized carbons (Fsp3) is 0.368. The molecule has 1 aliphatic rings. The molecule has 1 N–H and O–H groups in total. The molecule has 0 radical (unpaired) electrons. The van der Waals surface area contributed by atoms with E-state index in [4.69, 9.17) is 9.84 Å². The fourth-order valence-electron chi connectivity index (χ4n) is 2.78. The third-order valence-corrected chi connectivity index (χ3v) is 5.47. The first-order valence-electron chi connectivity index (χ1n) is 8.42. The van der Waals surface area contributed by atoms with Crippen LogP contribution in [0.15, 0.2) is 35.5 Å². The van der Waals surface area contributed by atoms with Gasteiger partial charge in [0.2, 0.25) is 0 Å². The maximum absolute atomic E-state index is 14.3. The standard InChI is InChI=1S/C19H19F2NO3S/c1-2-6-26-18-11(4-3-5-22-18)10-25-17-15(20)7-12(8-16(17)21)13-9-14(13)19(23)24/h3-5,7-8,13-14H,2,6,9-10H2,1H3,(H,23,24). The van der Waals surface area contributed by atoms with E-state index in [1.165, 1.54) is 12.1 Å². The van der Waals surface area contributed by atoms with Crippen LogP contribution in [0.2, 0.25) is 0 Å². The maximum Gasteiger partial charge on any atom is 0.307 e. The van der Waals surface area contributed by atoms with Crippen LogP contribution in [0.4, 0.5) is 8.78 Å². The zero-order chi connectivity index (χ0) is 18.7. The first kappa shape index (κ1) is 18.6. The molecule has 0 amide bonds. The lowest BCUT2D eigenvalue weighted by atomic mass is 10.1. The average Bonchev–Trinajstić information content (AvgIpc) is 3.41. The molecule has 1 heterocycles. The van der Waals surface area contributed by atoms with Gasteiger partial charge in [0.05, 0.1) is 5.92 Å². The van der Waals surface area contributed by atoms with Gasteiger partial charge in [-0.15, -0.1) is 11.8 Å². The second-order valence-corrected chi connectivity index (χ2v) is 7.29. The molecule has 0 bridgehead atoms. The molecule has 0 saturated heterocycles. The van der Waals surface area contributed by atoms with Gasteiger partial charge < -0.3 is 9.84 Å².